The molecule has 2 aromatic carbocycles. The number of benzene rings is 2. The molecule has 0 radical (unpaired) electrons. The lowest BCUT2D eigenvalue weighted by molar-refractivity contribution is -0.129. The van der Waals surface area contributed by atoms with Crippen LogP contribution in [0.1, 0.15) is 40.7 Å². The van der Waals surface area contributed by atoms with Gasteiger partial charge in [0, 0.05) is 6.42 Å². The normalized spacial score (nSPS) is 14.9. The number of ketones is 1. The number of rotatable bonds is 6. The average molecular weight is 439 g/mol. The van der Waals surface area contributed by atoms with Crippen LogP contribution in [-0.2, 0) is 9.59 Å². The summed E-state index contributed by atoms with van der Waals surface area (Å²) >= 11 is 1.44. The van der Waals surface area contributed by atoms with Crippen molar-refractivity contribution in [1.82, 2.24) is 15.8 Å². The number of carbonyl (C=O) groups is 3. The highest BCUT2D eigenvalue weighted by Gasteiger charge is 2.31. The van der Waals surface area contributed by atoms with Gasteiger partial charge in [-0.05, 0) is 42.2 Å². The zero-order chi connectivity index (χ0) is 22.0. The second-order valence-corrected chi connectivity index (χ2v) is 8.45. The van der Waals surface area contributed by atoms with Crippen LogP contribution in [0.3, 0.4) is 0 Å². The Morgan fingerprint density at radius 2 is 1.94 bits per heavy atom. The number of fused-ring (bicyclic) bond motifs is 2. The van der Waals surface area contributed by atoms with E-state index in [-0.39, 0.29) is 24.9 Å². The van der Waals surface area contributed by atoms with Gasteiger partial charge in [-0.15, -0.1) is 0 Å². The average Bonchev–Trinajstić information content (AvgIpc) is 3.31. The first-order valence-electron chi connectivity index (χ1n) is 9.89. The molecule has 1 heterocycles. The molecule has 31 heavy (non-hydrogen) atoms. The summed E-state index contributed by atoms with van der Waals surface area (Å²) in [6.45, 7) is 3.61. The summed E-state index contributed by atoms with van der Waals surface area (Å²) in [7, 11) is 0. The van der Waals surface area contributed by atoms with Gasteiger partial charge < -0.3 is 10.1 Å². The predicted molar refractivity (Wildman–Crippen MR) is 118 cm³/mol. The second kappa shape index (κ2) is 8.73. The number of ether oxygens (including phenoxy) is 1. The summed E-state index contributed by atoms with van der Waals surface area (Å²) in [6.07, 6.45) is 0.445. The lowest BCUT2D eigenvalue weighted by atomic mass is 9.97. The molecule has 1 aromatic heterocycles. The van der Waals surface area contributed by atoms with Crippen LogP contribution in [0.15, 0.2) is 36.4 Å². The van der Waals surface area contributed by atoms with Gasteiger partial charge in [-0.1, -0.05) is 36.5 Å². The smallest absolute Gasteiger partial charge is 0.276 e. The lowest BCUT2D eigenvalue weighted by Crippen LogP contribution is -2.46. The molecule has 0 saturated heterocycles. The summed E-state index contributed by atoms with van der Waals surface area (Å²) in [5, 5.41) is 3.56. The third kappa shape index (κ3) is 4.51. The Bertz CT molecular complexity index is 1140. The fourth-order valence-corrected chi connectivity index (χ4v) is 4.56. The SMILES string of the molecule is Cc1ccc(OCC(=O)NNC(=O)CNc2nc3ccccc3s2)c2c1[C@H](C)CC2=O. The van der Waals surface area contributed by atoms with Crippen LogP contribution in [0.25, 0.3) is 10.2 Å². The first-order valence-corrected chi connectivity index (χ1v) is 10.7. The van der Waals surface area contributed by atoms with Crippen molar-refractivity contribution in [2.45, 2.75) is 26.2 Å². The molecule has 9 heteroatoms. The number of aromatic nitrogens is 1. The van der Waals surface area contributed by atoms with E-state index >= 15 is 0 Å². The number of nitrogens with zero attached hydrogens (tertiary/aromatic N) is 1. The molecule has 0 saturated carbocycles. The quantitative estimate of drug-likeness (QED) is 0.511. The van der Waals surface area contributed by atoms with Gasteiger partial charge in [0.2, 0.25) is 0 Å². The van der Waals surface area contributed by atoms with Gasteiger partial charge in [0.25, 0.3) is 11.8 Å². The van der Waals surface area contributed by atoms with E-state index in [1.165, 1.54) is 11.3 Å². The summed E-state index contributed by atoms with van der Waals surface area (Å²) in [5.74, 6) is -0.388. The Kier molecular flexibility index (Phi) is 5.85. The fourth-order valence-electron chi connectivity index (χ4n) is 3.70. The van der Waals surface area contributed by atoms with Crippen LogP contribution in [0.2, 0.25) is 0 Å². The van der Waals surface area contributed by atoms with Crippen molar-refractivity contribution in [3.8, 4) is 5.75 Å². The van der Waals surface area contributed by atoms with Crippen LogP contribution in [-0.4, -0.2) is 35.7 Å². The summed E-state index contributed by atoms with van der Waals surface area (Å²) < 4.78 is 6.59. The van der Waals surface area contributed by atoms with E-state index in [0.29, 0.717) is 22.9 Å². The van der Waals surface area contributed by atoms with Gasteiger partial charge in [0.15, 0.2) is 17.5 Å². The maximum Gasteiger partial charge on any atom is 0.276 e. The topological polar surface area (TPSA) is 109 Å². The monoisotopic (exact) mass is 438 g/mol. The maximum atomic E-state index is 12.3. The van der Waals surface area contributed by atoms with Crippen molar-refractivity contribution in [2.24, 2.45) is 0 Å². The number of amides is 2. The van der Waals surface area contributed by atoms with Gasteiger partial charge in [0.05, 0.1) is 22.3 Å². The van der Waals surface area contributed by atoms with Crippen molar-refractivity contribution in [3.05, 3.63) is 53.1 Å². The molecule has 1 aliphatic rings. The van der Waals surface area contributed by atoms with Crippen molar-refractivity contribution in [1.29, 1.82) is 0 Å². The van der Waals surface area contributed by atoms with E-state index in [4.69, 9.17) is 4.74 Å². The van der Waals surface area contributed by atoms with Crippen LogP contribution in [0.4, 0.5) is 5.13 Å². The number of Topliss-reactive ketones (excluding diaryl/α,β-unsaturated/α-hetero) is 1. The molecule has 1 aliphatic carbocycles. The second-order valence-electron chi connectivity index (χ2n) is 7.42. The molecule has 0 fully saturated rings. The van der Waals surface area contributed by atoms with E-state index in [0.717, 1.165) is 21.3 Å². The molecule has 1 atom stereocenters. The molecule has 0 unspecified atom stereocenters. The summed E-state index contributed by atoms with van der Waals surface area (Å²) in [4.78, 5) is 40.7. The highest BCUT2D eigenvalue weighted by atomic mass is 32.1. The summed E-state index contributed by atoms with van der Waals surface area (Å²) in [6, 6.07) is 11.3. The number of hydrazine groups is 1. The largest absolute Gasteiger partial charge is 0.483 e. The number of hydrogen-bond acceptors (Lipinski definition) is 7. The van der Waals surface area contributed by atoms with E-state index in [2.05, 4.69) is 21.2 Å². The third-order valence-electron chi connectivity index (χ3n) is 5.08. The first kappa shape index (κ1) is 20.8. The molecule has 2 amide bonds. The molecule has 160 valence electrons. The Hall–Kier alpha value is -3.46. The molecule has 3 aromatic rings. The van der Waals surface area contributed by atoms with Gasteiger partial charge in [-0.2, -0.15) is 0 Å². The van der Waals surface area contributed by atoms with Crippen molar-refractivity contribution < 1.29 is 19.1 Å². The molecular formula is C22H22N4O4S. The van der Waals surface area contributed by atoms with E-state index in [1.54, 1.807) is 6.07 Å². The minimum absolute atomic E-state index is 0.0239. The number of hydrogen-bond donors (Lipinski definition) is 3. The van der Waals surface area contributed by atoms with Crippen molar-refractivity contribution in [2.75, 3.05) is 18.5 Å². The maximum absolute atomic E-state index is 12.3. The van der Waals surface area contributed by atoms with Gasteiger partial charge in [-0.25, -0.2) is 4.98 Å². The molecular weight excluding hydrogens is 416 g/mol. The molecule has 0 spiro atoms. The van der Waals surface area contributed by atoms with E-state index in [1.807, 2.05) is 44.2 Å². The van der Waals surface area contributed by atoms with Gasteiger partial charge in [-0.3, -0.25) is 25.2 Å². The Morgan fingerprint density at radius 3 is 2.74 bits per heavy atom. The molecule has 4 rings (SSSR count). The lowest BCUT2D eigenvalue weighted by Gasteiger charge is -2.13. The highest BCUT2D eigenvalue weighted by Crippen LogP contribution is 2.40. The number of nitrogens with one attached hydrogen (secondary N) is 3. The number of para-hydroxylation sites is 1. The zero-order valence-electron chi connectivity index (χ0n) is 17.2. The van der Waals surface area contributed by atoms with E-state index < -0.39 is 11.8 Å². The third-order valence-corrected chi connectivity index (χ3v) is 6.08. The number of anilines is 1. The number of aryl methyl sites for hydroxylation is 1. The molecule has 3 N–H and O–H groups in total. The predicted octanol–water partition coefficient (Wildman–Crippen LogP) is 2.93. The fraction of sp³-hybridized carbons (Fsp3) is 0.273. The Balaban J connectivity index is 1.25. The first-order chi connectivity index (χ1) is 14.9. The zero-order valence-corrected chi connectivity index (χ0v) is 18.0. The standard InChI is InChI=1S/C22H22N4O4S/c1-12-7-8-16(21-15(27)9-13(2)20(12)21)30-11-19(29)26-25-18(28)10-23-22-24-14-5-3-4-6-17(14)31-22/h3-8,13H,9-11H2,1-2H3,(H,23,24)(H,25,28)(H,26,29)/t13-/m1/s1. The molecule has 8 nitrogen and oxygen atoms in total. The number of carbonyl (C=O) groups excluding carboxylic acids is 3. The van der Waals surface area contributed by atoms with Crippen LogP contribution >= 0.6 is 11.3 Å². The molecule has 0 aliphatic heterocycles. The van der Waals surface area contributed by atoms with Crippen LogP contribution < -0.4 is 20.9 Å². The van der Waals surface area contributed by atoms with Crippen molar-refractivity contribution in [3.63, 3.8) is 0 Å². The number of thiazole rings is 1. The van der Waals surface area contributed by atoms with Gasteiger partial charge in [0.1, 0.15) is 5.75 Å². The van der Waals surface area contributed by atoms with Crippen molar-refractivity contribution >= 4 is 44.3 Å². The molecule has 0 bridgehead atoms. The minimum Gasteiger partial charge on any atom is -0.483 e. The van der Waals surface area contributed by atoms with Crippen LogP contribution in [0, 0.1) is 6.92 Å². The highest BCUT2D eigenvalue weighted by molar-refractivity contribution is 7.22. The van der Waals surface area contributed by atoms with Crippen LogP contribution in [0.5, 0.6) is 5.75 Å². The Labute approximate surface area is 183 Å². The Morgan fingerprint density at radius 1 is 1.16 bits per heavy atom. The van der Waals surface area contributed by atoms with E-state index in [9.17, 15) is 14.4 Å². The summed E-state index contributed by atoms with van der Waals surface area (Å²) in [5.41, 5.74) is 8.08. The minimum atomic E-state index is -0.527. The van der Waals surface area contributed by atoms with Gasteiger partial charge >= 0.3 is 0 Å².